The van der Waals surface area contributed by atoms with E-state index in [0.717, 1.165) is 25.7 Å². The molecule has 1 saturated carbocycles. The Morgan fingerprint density at radius 3 is 2.68 bits per heavy atom. The summed E-state index contributed by atoms with van der Waals surface area (Å²) in [6.07, 6.45) is 2.83. The predicted molar refractivity (Wildman–Crippen MR) is 75.5 cm³/mol. The fraction of sp³-hybridized carbons (Fsp3) is 0.600. The van der Waals surface area contributed by atoms with Crippen molar-refractivity contribution in [3.8, 4) is 0 Å². The van der Waals surface area contributed by atoms with Crippen molar-refractivity contribution in [3.05, 3.63) is 34.6 Å². The van der Waals surface area contributed by atoms with Gasteiger partial charge in [-0.05, 0) is 24.8 Å². The number of hydrogen-bond acceptors (Lipinski definition) is 2. The number of aliphatic hydroxyl groups is 1. The molecular formula is C15H21ClFNO. The molecule has 0 spiro atoms. The van der Waals surface area contributed by atoms with Gasteiger partial charge in [-0.15, -0.1) is 0 Å². The molecule has 0 heterocycles. The molecule has 2 nitrogen and oxygen atoms in total. The van der Waals surface area contributed by atoms with Gasteiger partial charge in [-0.2, -0.15) is 0 Å². The van der Waals surface area contributed by atoms with E-state index in [0.29, 0.717) is 12.5 Å². The summed E-state index contributed by atoms with van der Waals surface area (Å²) in [6, 6.07) is 4.76. The molecule has 0 aromatic heterocycles. The van der Waals surface area contributed by atoms with E-state index in [-0.39, 0.29) is 10.6 Å². The van der Waals surface area contributed by atoms with Gasteiger partial charge < -0.3 is 10.8 Å². The van der Waals surface area contributed by atoms with Crippen LogP contribution in [0, 0.1) is 17.2 Å². The Hall–Kier alpha value is -0.640. The van der Waals surface area contributed by atoms with Gasteiger partial charge in [0.15, 0.2) is 0 Å². The lowest BCUT2D eigenvalue weighted by molar-refractivity contribution is -0.0102. The zero-order chi connectivity index (χ0) is 14.0. The molecule has 0 saturated heterocycles. The van der Waals surface area contributed by atoms with Gasteiger partial charge in [0.05, 0.1) is 11.1 Å². The SMILES string of the molecule is CC1CCC(CN)(C(O)c2cccc(Cl)c2F)CC1. The van der Waals surface area contributed by atoms with Gasteiger partial charge in [0.2, 0.25) is 0 Å². The highest BCUT2D eigenvalue weighted by Crippen LogP contribution is 2.47. The lowest BCUT2D eigenvalue weighted by atomic mass is 9.66. The number of nitrogens with two attached hydrogens (primary N) is 1. The Morgan fingerprint density at radius 2 is 2.11 bits per heavy atom. The minimum Gasteiger partial charge on any atom is -0.388 e. The topological polar surface area (TPSA) is 46.2 Å². The third-order valence-corrected chi connectivity index (χ3v) is 4.82. The molecule has 1 atom stereocenters. The van der Waals surface area contributed by atoms with E-state index in [9.17, 15) is 9.50 Å². The molecule has 0 radical (unpaired) electrons. The molecule has 0 amide bonds. The fourth-order valence-corrected chi connectivity index (χ4v) is 3.17. The van der Waals surface area contributed by atoms with Crippen LogP contribution in [0.5, 0.6) is 0 Å². The summed E-state index contributed by atoms with van der Waals surface area (Å²) in [5.41, 5.74) is 5.75. The monoisotopic (exact) mass is 285 g/mol. The molecule has 1 unspecified atom stereocenters. The lowest BCUT2D eigenvalue weighted by Gasteiger charge is -2.42. The molecule has 1 aliphatic carbocycles. The van der Waals surface area contributed by atoms with Gasteiger partial charge in [-0.3, -0.25) is 0 Å². The summed E-state index contributed by atoms with van der Waals surface area (Å²) in [7, 11) is 0. The van der Waals surface area contributed by atoms with E-state index in [1.807, 2.05) is 0 Å². The molecule has 19 heavy (non-hydrogen) atoms. The van der Waals surface area contributed by atoms with Crippen molar-refractivity contribution in [2.24, 2.45) is 17.1 Å². The van der Waals surface area contributed by atoms with Crippen LogP contribution in [0.15, 0.2) is 18.2 Å². The van der Waals surface area contributed by atoms with Crippen molar-refractivity contribution in [1.29, 1.82) is 0 Å². The fourth-order valence-electron chi connectivity index (χ4n) is 2.99. The van der Waals surface area contributed by atoms with E-state index in [4.69, 9.17) is 17.3 Å². The predicted octanol–water partition coefficient (Wildman–Crippen LogP) is 3.67. The summed E-state index contributed by atoms with van der Waals surface area (Å²) in [6.45, 7) is 2.57. The maximum absolute atomic E-state index is 14.1. The maximum Gasteiger partial charge on any atom is 0.147 e. The van der Waals surface area contributed by atoms with Gasteiger partial charge in [0.25, 0.3) is 0 Å². The standard InChI is InChI=1S/C15H21ClFNO/c1-10-5-7-15(9-18,8-6-10)14(19)11-3-2-4-12(16)13(11)17/h2-4,10,14,19H,5-9,18H2,1H3. The lowest BCUT2D eigenvalue weighted by Crippen LogP contribution is -2.40. The Labute approximate surface area is 118 Å². The van der Waals surface area contributed by atoms with E-state index in [2.05, 4.69) is 6.92 Å². The van der Waals surface area contributed by atoms with Crippen molar-refractivity contribution >= 4 is 11.6 Å². The average molecular weight is 286 g/mol. The number of benzene rings is 1. The van der Waals surface area contributed by atoms with Crippen LogP contribution in [-0.4, -0.2) is 11.7 Å². The second-order valence-electron chi connectivity index (χ2n) is 5.79. The van der Waals surface area contributed by atoms with Gasteiger partial charge in [-0.1, -0.05) is 43.5 Å². The second kappa shape index (κ2) is 5.78. The van der Waals surface area contributed by atoms with Crippen molar-refractivity contribution in [3.63, 3.8) is 0 Å². The summed E-state index contributed by atoms with van der Waals surface area (Å²) in [4.78, 5) is 0. The number of hydrogen-bond donors (Lipinski definition) is 2. The molecule has 0 bridgehead atoms. The maximum atomic E-state index is 14.1. The van der Waals surface area contributed by atoms with Crippen LogP contribution in [-0.2, 0) is 0 Å². The Morgan fingerprint density at radius 1 is 1.47 bits per heavy atom. The van der Waals surface area contributed by atoms with Crippen molar-refractivity contribution in [2.45, 2.75) is 38.7 Å². The number of halogens is 2. The van der Waals surface area contributed by atoms with Crippen LogP contribution in [0.1, 0.15) is 44.3 Å². The molecule has 0 aliphatic heterocycles. The minimum absolute atomic E-state index is 0.0490. The summed E-state index contributed by atoms with van der Waals surface area (Å²) in [5.74, 6) is 0.124. The van der Waals surface area contributed by atoms with E-state index < -0.39 is 17.3 Å². The highest BCUT2D eigenvalue weighted by atomic mass is 35.5. The molecule has 106 valence electrons. The van der Waals surface area contributed by atoms with Crippen LogP contribution in [0.4, 0.5) is 4.39 Å². The molecule has 1 aliphatic rings. The average Bonchev–Trinajstić information content (AvgIpc) is 2.42. The number of aliphatic hydroxyl groups excluding tert-OH is 1. The molecular weight excluding hydrogens is 265 g/mol. The summed E-state index contributed by atoms with van der Waals surface area (Å²) in [5, 5.41) is 10.7. The second-order valence-corrected chi connectivity index (χ2v) is 6.20. The van der Waals surface area contributed by atoms with Crippen LogP contribution in [0.25, 0.3) is 0 Å². The van der Waals surface area contributed by atoms with Crippen molar-refractivity contribution in [1.82, 2.24) is 0 Å². The quantitative estimate of drug-likeness (QED) is 0.890. The highest BCUT2D eigenvalue weighted by molar-refractivity contribution is 6.30. The van der Waals surface area contributed by atoms with Gasteiger partial charge >= 0.3 is 0 Å². The normalized spacial score (nSPS) is 29.2. The summed E-state index contributed by atoms with van der Waals surface area (Å²) >= 11 is 5.79. The van der Waals surface area contributed by atoms with Crippen molar-refractivity contribution < 1.29 is 9.50 Å². The zero-order valence-corrected chi connectivity index (χ0v) is 12.0. The molecule has 4 heteroatoms. The smallest absolute Gasteiger partial charge is 0.147 e. The van der Waals surface area contributed by atoms with Gasteiger partial charge in [-0.25, -0.2) is 4.39 Å². The molecule has 1 aromatic carbocycles. The van der Waals surface area contributed by atoms with Crippen molar-refractivity contribution in [2.75, 3.05) is 6.54 Å². The first-order valence-corrected chi connectivity index (χ1v) is 7.20. The largest absolute Gasteiger partial charge is 0.388 e. The Bertz CT molecular complexity index is 444. The first-order chi connectivity index (χ1) is 9.00. The van der Waals surface area contributed by atoms with E-state index >= 15 is 0 Å². The molecule has 2 rings (SSSR count). The van der Waals surface area contributed by atoms with Crippen LogP contribution in [0.3, 0.4) is 0 Å². The first-order valence-electron chi connectivity index (χ1n) is 6.82. The third kappa shape index (κ3) is 2.78. The van der Waals surface area contributed by atoms with Gasteiger partial charge in [0, 0.05) is 17.5 Å². The molecule has 3 N–H and O–H groups in total. The van der Waals surface area contributed by atoms with Gasteiger partial charge in [0.1, 0.15) is 5.82 Å². The zero-order valence-electron chi connectivity index (χ0n) is 11.2. The van der Waals surface area contributed by atoms with E-state index in [1.54, 1.807) is 12.1 Å². The minimum atomic E-state index is -0.885. The molecule has 1 fully saturated rings. The van der Waals surface area contributed by atoms with E-state index in [1.165, 1.54) is 6.07 Å². The number of rotatable bonds is 3. The third-order valence-electron chi connectivity index (χ3n) is 4.53. The first kappa shape index (κ1) is 14.8. The van der Waals surface area contributed by atoms with Crippen LogP contribution >= 0.6 is 11.6 Å². The molecule has 1 aromatic rings. The summed E-state index contributed by atoms with van der Waals surface area (Å²) < 4.78 is 14.1. The van der Waals surface area contributed by atoms with Crippen LogP contribution < -0.4 is 5.73 Å². The highest BCUT2D eigenvalue weighted by Gasteiger charge is 2.41. The Kier molecular flexibility index (Phi) is 4.49. The Balaban J connectivity index is 2.30. The van der Waals surface area contributed by atoms with Crippen LogP contribution in [0.2, 0.25) is 5.02 Å².